The average molecular weight is 396 g/mol. The standard InChI is InChI=1S/C17H14F2N2O5S/c18-16(19)25-12-5-2-1-4-11(12)10-24-14(22)7-8-21-17(23)26-15(20-21)13-6-3-9-27-13/h1-6,9,16H,7-8,10H2. The van der Waals surface area contributed by atoms with Gasteiger partial charge in [0.2, 0.25) is 0 Å². The van der Waals surface area contributed by atoms with E-state index in [1.165, 1.54) is 29.5 Å². The van der Waals surface area contributed by atoms with Crippen molar-refractivity contribution in [3.63, 3.8) is 0 Å². The number of carbonyl (C=O) groups excluding carboxylic acids is 1. The Hall–Kier alpha value is -3.01. The zero-order valence-corrected chi connectivity index (χ0v) is 14.7. The van der Waals surface area contributed by atoms with Gasteiger partial charge in [-0.2, -0.15) is 13.5 Å². The maximum Gasteiger partial charge on any atom is 0.437 e. The number of nitrogens with zero attached hydrogens (tertiary/aromatic N) is 2. The van der Waals surface area contributed by atoms with Gasteiger partial charge in [-0.1, -0.05) is 24.3 Å². The molecular formula is C17H14F2N2O5S. The Morgan fingerprint density at radius 2 is 2.07 bits per heavy atom. The molecule has 0 aliphatic rings. The number of benzene rings is 1. The molecular weight excluding hydrogens is 382 g/mol. The van der Waals surface area contributed by atoms with E-state index >= 15 is 0 Å². The van der Waals surface area contributed by atoms with Gasteiger partial charge in [-0.25, -0.2) is 4.79 Å². The van der Waals surface area contributed by atoms with Crippen LogP contribution in [0.15, 0.2) is 51.0 Å². The first-order valence-corrected chi connectivity index (χ1v) is 8.71. The Morgan fingerprint density at radius 3 is 2.81 bits per heavy atom. The monoisotopic (exact) mass is 396 g/mol. The van der Waals surface area contributed by atoms with Crippen LogP contribution in [0.25, 0.3) is 10.8 Å². The highest BCUT2D eigenvalue weighted by atomic mass is 32.1. The smallest absolute Gasteiger partial charge is 0.437 e. The maximum atomic E-state index is 12.4. The van der Waals surface area contributed by atoms with E-state index in [9.17, 15) is 18.4 Å². The van der Waals surface area contributed by atoms with Crippen molar-refractivity contribution in [2.24, 2.45) is 0 Å². The van der Waals surface area contributed by atoms with Crippen molar-refractivity contribution in [2.75, 3.05) is 0 Å². The van der Waals surface area contributed by atoms with Crippen molar-refractivity contribution in [3.05, 3.63) is 57.9 Å². The van der Waals surface area contributed by atoms with E-state index in [0.29, 0.717) is 10.4 Å². The van der Waals surface area contributed by atoms with Gasteiger partial charge in [0.05, 0.1) is 17.8 Å². The van der Waals surface area contributed by atoms with E-state index in [2.05, 4.69) is 9.84 Å². The molecule has 0 N–H and O–H groups in total. The first kappa shape index (κ1) is 18.8. The van der Waals surface area contributed by atoms with Gasteiger partial charge in [0, 0.05) is 5.56 Å². The third-order valence-electron chi connectivity index (χ3n) is 3.44. The van der Waals surface area contributed by atoms with Gasteiger partial charge in [-0.15, -0.1) is 16.4 Å². The lowest BCUT2D eigenvalue weighted by Crippen LogP contribution is -2.19. The van der Waals surface area contributed by atoms with Crippen LogP contribution in [0, 0.1) is 0 Å². The Morgan fingerprint density at radius 1 is 1.26 bits per heavy atom. The fraction of sp³-hybridized carbons (Fsp3) is 0.235. The molecule has 142 valence electrons. The van der Waals surface area contributed by atoms with Crippen LogP contribution in [0.2, 0.25) is 0 Å². The molecule has 2 aromatic heterocycles. The number of alkyl halides is 2. The summed E-state index contributed by atoms with van der Waals surface area (Å²) in [5, 5.41) is 5.85. The summed E-state index contributed by atoms with van der Waals surface area (Å²) in [6.45, 7) is -3.23. The fourth-order valence-corrected chi connectivity index (χ4v) is 2.85. The SMILES string of the molecule is O=C(CCn1nc(-c2cccs2)oc1=O)OCc1ccccc1OC(F)F. The molecule has 3 rings (SSSR count). The molecule has 7 nitrogen and oxygen atoms in total. The number of aromatic nitrogens is 2. The highest BCUT2D eigenvalue weighted by molar-refractivity contribution is 7.13. The third kappa shape index (κ3) is 5.00. The van der Waals surface area contributed by atoms with E-state index in [1.807, 2.05) is 5.38 Å². The summed E-state index contributed by atoms with van der Waals surface area (Å²) < 4.78 is 40.2. The van der Waals surface area contributed by atoms with E-state index < -0.39 is 18.3 Å². The van der Waals surface area contributed by atoms with Crippen LogP contribution in [0.5, 0.6) is 5.75 Å². The van der Waals surface area contributed by atoms with Crippen molar-refractivity contribution >= 4 is 17.3 Å². The number of rotatable bonds is 8. The largest absolute Gasteiger partial charge is 0.461 e. The van der Waals surface area contributed by atoms with Crippen molar-refractivity contribution in [1.82, 2.24) is 9.78 Å². The fourth-order valence-electron chi connectivity index (χ4n) is 2.21. The van der Waals surface area contributed by atoms with Crippen LogP contribution in [-0.4, -0.2) is 22.4 Å². The second-order valence-corrected chi connectivity index (χ2v) is 6.22. The molecule has 27 heavy (non-hydrogen) atoms. The number of hydrogen-bond donors (Lipinski definition) is 0. The lowest BCUT2D eigenvalue weighted by molar-refractivity contribution is -0.145. The van der Waals surface area contributed by atoms with Crippen molar-refractivity contribution < 1.29 is 27.5 Å². The molecule has 0 atom stereocenters. The second kappa shape index (κ2) is 8.58. The van der Waals surface area contributed by atoms with E-state index in [4.69, 9.17) is 9.15 Å². The summed E-state index contributed by atoms with van der Waals surface area (Å²) in [6, 6.07) is 9.57. The molecule has 0 unspecified atom stereocenters. The molecule has 0 aliphatic carbocycles. The molecule has 2 heterocycles. The molecule has 10 heteroatoms. The Balaban J connectivity index is 1.54. The van der Waals surface area contributed by atoms with E-state index in [0.717, 1.165) is 4.68 Å². The number of ether oxygens (including phenoxy) is 2. The Kier molecular flexibility index (Phi) is 5.97. The maximum absolute atomic E-state index is 12.4. The lowest BCUT2D eigenvalue weighted by Gasteiger charge is -2.10. The zero-order chi connectivity index (χ0) is 19.2. The van der Waals surface area contributed by atoms with Crippen molar-refractivity contribution in [1.29, 1.82) is 0 Å². The Bertz CT molecular complexity index is 952. The molecule has 0 aliphatic heterocycles. The zero-order valence-electron chi connectivity index (χ0n) is 13.8. The minimum Gasteiger partial charge on any atom is -0.461 e. The molecule has 0 saturated carbocycles. The number of aryl methyl sites for hydroxylation is 1. The molecule has 0 amide bonds. The number of carbonyl (C=O) groups is 1. The molecule has 0 bridgehead atoms. The normalized spacial score (nSPS) is 10.9. The van der Waals surface area contributed by atoms with Gasteiger partial charge < -0.3 is 13.9 Å². The molecule has 0 radical (unpaired) electrons. The predicted molar refractivity (Wildman–Crippen MR) is 91.6 cm³/mol. The molecule has 0 fully saturated rings. The van der Waals surface area contributed by atoms with Crippen molar-refractivity contribution in [3.8, 4) is 16.5 Å². The number of thiophene rings is 1. The highest BCUT2D eigenvalue weighted by Crippen LogP contribution is 2.22. The first-order valence-electron chi connectivity index (χ1n) is 7.83. The second-order valence-electron chi connectivity index (χ2n) is 5.27. The first-order chi connectivity index (χ1) is 13.0. The quantitative estimate of drug-likeness (QED) is 0.544. The summed E-state index contributed by atoms with van der Waals surface area (Å²) in [7, 11) is 0. The van der Waals surface area contributed by atoms with Gasteiger partial charge in [-0.3, -0.25) is 4.79 Å². The topological polar surface area (TPSA) is 83.6 Å². The summed E-state index contributed by atoms with van der Waals surface area (Å²) >= 11 is 1.37. The lowest BCUT2D eigenvalue weighted by atomic mass is 10.2. The van der Waals surface area contributed by atoms with Crippen LogP contribution in [-0.2, 0) is 22.7 Å². The summed E-state index contributed by atoms with van der Waals surface area (Å²) in [5.74, 6) is -1.17. The summed E-state index contributed by atoms with van der Waals surface area (Å²) in [4.78, 5) is 24.4. The molecule has 0 spiro atoms. The van der Waals surface area contributed by atoms with Gasteiger partial charge in [0.15, 0.2) is 0 Å². The average Bonchev–Trinajstić information content (AvgIpc) is 3.28. The highest BCUT2D eigenvalue weighted by Gasteiger charge is 2.14. The Labute approximate surface area is 155 Å². The van der Waals surface area contributed by atoms with Crippen LogP contribution in [0.1, 0.15) is 12.0 Å². The predicted octanol–water partition coefficient (Wildman–Crippen LogP) is 3.30. The van der Waals surface area contributed by atoms with Crippen LogP contribution < -0.4 is 10.5 Å². The minimum absolute atomic E-state index is 0.0261. The summed E-state index contributed by atoms with van der Waals surface area (Å²) in [5.41, 5.74) is 0.310. The minimum atomic E-state index is -2.97. The van der Waals surface area contributed by atoms with E-state index in [-0.39, 0.29) is 31.2 Å². The van der Waals surface area contributed by atoms with Crippen LogP contribution in [0.3, 0.4) is 0 Å². The number of hydrogen-bond acceptors (Lipinski definition) is 7. The summed E-state index contributed by atoms with van der Waals surface area (Å²) in [6.07, 6.45) is -0.131. The van der Waals surface area contributed by atoms with E-state index in [1.54, 1.807) is 18.2 Å². The number of para-hydroxylation sites is 1. The van der Waals surface area contributed by atoms with Gasteiger partial charge >= 0.3 is 18.3 Å². The van der Waals surface area contributed by atoms with Gasteiger partial charge in [0.25, 0.3) is 5.89 Å². The third-order valence-corrected chi connectivity index (χ3v) is 4.30. The molecule has 3 aromatic rings. The van der Waals surface area contributed by atoms with Crippen molar-refractivity contribution in [2.45, 2.75) is 26.2 Å². The van der Waals surface area contributed by atoms with Gasteiger partial charge in [0.1, 0.15) is 12.4 Å². The number of halogens is 2. The van der Waals surface area contributed by atoms with Crippen LogP contribution in [0.4, 0.5) is 8.78 Å². The van der Waals surface area contributed by atoms with Gasteiger partial charge in [-0.05, 0) is 17.5 Å². The molecule has 1 aromatic carbocycles. The van der Waals surface area contributed by atoms with Crippen LogP contribution >= 0.6 is 11.3 Å². The number of esters is 1. The molecule has 0 saturated heterocycles.